The van der Waals surface area contributed by atoms with Crippen molar-refractivity contribution in [3.63, 3.8) is 0 Å². The van der Waals surface area contributed by atoms with Gasteiger partial charge in [-0.1, -0.05) is 13.8 Å². The van der Waals surface area contributed by atoms with Crippen LogP contribution < -0.4 is 5.32 Å². The highest BCUT2D eigenvalue weighted by Gasteiger charge is 2.43. The van der Waals surface area contributed by atoms with Crippen LogP contribution >= 0.6 is 0 Å². The summed E-state index contributed by atoms with van der Waals surface area (Å²) in [4.78, 5) is 13.9. The molecule has 112 valence electrons. The standard InChI is InChI=1S/C15H30N2O2/c1-11(2)9-12(3)17(5)13-7-6-8-15(10-13,16-4)14(18)19/h11-13,16H,6-10H2,1-5H3,(H,18,19). The zero-order valence-electron chi connectivity index (χ0n) is 13.1. The van der Waals surface area contributed by atoms with Crippen LogP contribution in [0.4, 0.5) is 0 Å². The van der Waals surface area contributed by atoms with Crippen molar-refractivity contribution >= 4 is 5.97 Å². The van der Waals surface area contributed by atoms with Gasteiger partial charge in [-0.25, -0.2) is 0 Å². The predicted molar refractivity (Wildman–Crippen MR) is 78.4 cm³/mol. The van der Waals surface area contributed by atoms with Crippen molar-refractivity contribution in [3.8, 4) is 0 Å². The Morgan fingerprint density at radius 1 is 1.47 bits per heavy atom. The van der Waals surface area contributed by atoms with Gasteiger partial charge in [0, 0.05) is 12.1 Å². The molecule has 0 radical (unpaired) electrons. The fourth-order valence-electron chi connectivity index (χ4n) is 3.33. The Balaban J connectivity index is 2.71. The minimum atomic E-state index is -0.727. The first-order valence-electron chi connectivity index (χ1n) is 7.46. The fourth-order valence-corrected chi connectivity index (χ4v) is 3.33. The van der Waals surface area contributed by atoms with Crippen molar-refractivity contribution in [2.75, 3.05) is 14.1 Å². The molecule has 0 heterocycles. The summed E-state index contributed by atoms with van der Waals surface area (Å²) in [5.74, 6) is -0.0285. The quantitative estimate of drug-likeness (QED) is 0.778. The number of carboxylic acid groups (broad SMARTS) is 1. The van der Waals surface area contributed by atoms with Crippen molar-refractivity contribution in [2.45, 2.75) is 70.5 Å². The Morgan fingerprint density at radius 2 is 2.11 bits per heavy atom. The van der Waals surface area contributed by atoms with Gasteiger partial charge in [-0.3, -0.25) is 4.79 Å². The number of hydrogen-bond donors (Lipinski definition) is 2. The fraction of sp³-hybridized carbons (Fsp3) is 0.933. The highest BCUT2D eigenvalue weighted by molar-refractivity contribution is 5.79. The monoisotopic (exact) mass is 270 g/mol. The number of nitrogens with one attached hydrogen (secondary N) is 1. The van der Waals surface area contributed by atoms with E-state index in [-0.39, 0.29) is 0 Å². The minimum absolute atomic E-state index is 0.367. The Hall–Kier alpha value is -0.610. The van der Waals surface area contributed by atoms with Crippen LogP contribution in [0.5, 0.6) is 0 Å². The topological polar surface area (TPSA) is 52.6 Å². The summed E-state index contributed by atoms with van der Waals surface area (Å²) >= 11 is 0. The normalized spacial score (nSPS) is 29.7. The second-order valence-electron chi connectivity index (χ2n) is 6.53. The van der Waals surface area contributed by atoms with Gasteiger partial charge in [0.1, 0.15) is 5.54 Å². The summed E-state index contributed by atoms with van der Waals surface area (Å²) in [6.07, 6.45) is 4.69. The maximum absolute atomic E-state index is 11.5. The minimum Gasteiger partial charge on any atom is -0.480 e. The Kier molecular flexibility index (Phi) is 5.81. The number of rotatable bonds is 6. The molecule has 0 aromatic rings. The van der Waals surface area contributed by atoms with Gasteiger partial charge in [-0.05, 0) is 59.0 Å². The molecule has 3 unspecified atom stereocenters. The molecule has 3 atom stereocenters. The molecule has 2 N–H and O–H groups in total. The molecule has 4 nitrogen and oxygen atoms in total. The lowest BCUT2D eigenvalue weighted by molar-refractivity contribution is -0.147. The molecule has 1 aliphatic rings. The number of aliphatic carboxylic acids is 1. The van der Waals surface area contributed by atoms with E-state index in [1.807, 2.05) is 0 Å². The number of carbonyl (C=O) groups is 1. The molecular weight excluding hydrogens is 240 g/mol. The second-order valence-corrected chi connectivity index (χ2v) is 6.53. The molecule has 0 aromatic heterocycles. The smallest absolute Gasteiger partial charge is 0.323 e. The first-order valence-corrected chi connectivity index (χ1v) is 7.46. The summed E-state index contributed by atoms with van der Waals surface area (Å²) in [5, 5.41) is 12.5. The van der Waals surface area contributed by atoms with Gasteiger partial charge in [0.05, 0.1) is 0 Å². The van der Waals surface area contributed by atoms with E-state index in [9.17, 15) is 9.90 Å². The summed E-state index contributed by atoms with van der Waals surface area (Å²) < 4.78 is 0. The molecule has 1 aliphatic carbocycles. The van der Waals surface area contributed by atoms with Crippen LogP contribution in [0.15, 0.2) is 0 Å². The summed E-state index contributed by atoms with van der Waals surface area (Å²) in [6, 6.07) is 0.873. The number of nitrogens with zero attached hydrogens (tertiary/aromatic N) is 1. The van der Waals surface area contributed by atoms with E-state index in [2.05, 4.69) is 38.0 Å². The van der Waals surface area contributed by atoms with E-state index >= 15 is 0 Å². The van der Waals surface area contributed by atoms with Crippen molar-refractivity contribution in [1.29, 1.82) is 0 Å². The van der Waals surface area contributed by atoms with E-state index in [4.69, 9.17) is 0 Å². The van der Waals surface area contributed by atoms with E-state index in [1.54, 1.807) is 7.05 Å². The van der Waals surface area contributed by atoms with Gasteiger partial charge in [-0.15, -0.1) is 0 Å². The van der Waals surface area contributed by atoms with E-state index in [0.717, 1.165) is 25.7 Å². The molecule has 1 fully saturated rings. The van der Waals surface area contributed by atoms with Crippen LogP contribution in [-0.4, -0.2) is 47.7 Å². The molecule has 0 aromatic carbocycles. The highest BCUT2D eigenvalue weighted by Crippen LogP contribution is 2.32. The maximum atomic E-state index is 11.5. The lowest BCUT2D eigenvalue weighted by Gasteiger charge is -2.43. The maximum Gasteiger partial charge on any atom is 0.323 e. The third-order valence-corrected chi connectivity index (χ3v) is 4.70. The van der Waals surface area contributed by atoms with Crippen LogP contribution in [0.3, 0.4) is 0 Å². The van der Waals surface area contributed by atoms with Gasteiger partial charge in [0.25, 0.3) is 0 Å². The van der Waals surface area contributed by atoms with Crippen LogP contribution in [0.25, 0.3) is 0 Å². The van der Waals surface area contributed by atoms with Crippen molar-refractivity contribution in [1.82, 2.24) is 10.2 Å². The molecule has 19 heavy (non-hydrogen) atoms. The highest BCUT2D eigenvalue weighted by atomic mass is 16.4. The van der Waals surface area contributed by atoms with Gasteiger partial charge in [-0.2, -0.15) is 0 Å². The van der Waals surface area contributed by atoms with Crippen molar-refractivity contribution < 1.29 is 9.90 Å². The molecule has 0 aliphatic heterocycles. The van der Waals surface area contributed by atoms with Crippen LogP contribution in [-0.2, 0) is 4.79 Å². The Labute approximate surface area is 117 Å². The molecule has 0 bridgehead atoms. The molecule has 0 saturated heterocycles. The molecular formula is C15H30N2O2. The van der Waals surface area contributed by atoms with Gasteiger partial charge < -0.3 is 15.3 Å². The number of carboxylic acids is 1. The Bertz CT molecular complexity index is 307. The third-order valence-electron chi connectivity index (χ3n) is 4.70. The van der Waals surface area contributed by atoms with Crippen molar-refractivity contribution in [2.24, 2.45) is 5.92 Å². The Morgan fingerprint density at radius 3 is 2.58 bits per heavy atom. The van der Waals surface area contributed by atoms with Crippen molar-refractivity contribution in [3.05, 3.63) is 0 Å². The van der Waals surface area contributed by atoms with Crippen LogP contribution in [0.1, 0.15) is 52.9 Å². The first-order chi connectivity index (χ1) is 8.82. The largest absolute Gasteiger partial charge is 0.480 e. The summed E-state index contributed by atoms with van der Waals surface area (Å²) in [5.41, 5.74) is -0.727. The molecule has 4 heteroatoms. The summed E-state index contributed by atoms with van der Waals surface area (Å²) in [7, 11) is 3.92. The summed E-state index contributed by atoms with van der Waals surface area (Å²) in [6.45, 7) is 6.72. The van der Waals surface area contributed by atoms with Gasteiger partial charge in [0.2, 0.25) is 0 Å². The van der Waals surface area contributed by atoms with Gasteiger partial charge in [0.15, 0.2) is 0 Å². The first kappa shape index (κ1) is 16.4. The van der Waals surface area contributed by atoms with E-state index in [0.29, 0.717) is 24.4 Å². The van der Waals surface area contributed by atoms with Gasteiger partial charge >= 0.3 is 5.97 Å². The number of likely N-dealkylation sites (N-methyl/N-ethyl adjacent to an activating group) is 1. The second kappa shape index (κ2) is 6.71. The van der Waals surface area contributed by atoms with Crippen LogP contribution in [0, 0.1) is 5.92 Å². The average molecular weight is 270 g/mol. The molecule has 0 amide bonds. The lowest BCUT2D eigenvalue weighted by atomic mass is 9.78. The SMILES string of the molecule is CNC1(C(=O)O)CCCC(N(C)C(C)CC(C)C)C1. The average Bonchev–Trinajstić information content (AvgIpc) is 2.36. The van der Waals surface area contributed by atoms with E-state index in [1.165, 1.54) is 0 Å². The molecule has 1 saturated carbocycles. The molecule has 1 rings (SSSR count). The zero-order chi connectivity index (χ0) is 14.6. The predicted octanol–water partition coefficient (Wildman–Crippen LogP) is 2.34. The van der Waals surface area contributed by atoms with E-state index < -0.39 is 11.5 Å². The number of hydrogen-bond acceptors (Lipinski definition) is 3. The van der Waals surface area contributed by atoms with Crippen LogP contribution in [0.2, 0.25) is 0 Å². The lowest BCUT2D eigenvalue weighted by Crippen LogP contribution is -2.57. The third kappa shape index (κ3) is 3.93. The zero-order valence-corrected chi connectivity index (χ0v) is 13.1. The molecule has 0 spiro atoms.